The molecule has 0 radical (unpaired) electrons. The van der Waals surface area contributed by atoms with E-state index in [0.717, 1.165) is 60.7 Å². The fraction of sp³-hybridized carbons (Fsp3) is 0.400. The van der Waals surface area contributed by atoms with E-state index in [-0.39, 0.29) is 30.2 Å². The highest BCUT2D eigenvalue weighted by atomic mass is 35.5. The van der Waals surface area contributed by atoms with Crippen LogP contribution in [0.25, 0.3) is 0 Å². The lowest BCUT2D eigenvalue weighted by Crippen LogP contribution is -2.49. The maximum absolute atomic E-state index is 12.5. The van der Waals surface area contributed by atoms with Crippen molar-refractivity contribution in [2.45, 2.75) is 16.9 Å². The molecule has 0 saturated carbocycles. The van der Waals surface area contributed by atoms with Gasteiger partial charge in [0.2, 0.25) is 28.9 Å². The molecule has 2 aromatic carbocycles. The number of hydrogen-bond acceptors (Lipinski definition) is 12. The first-order valence-corrected chi connectivity index (χ1v) is 18.9. The number of anilines is 4. The summed E-state index contributed by atoms with van der Waals surface area (Å²) in [5.41, 5.74) is 13.1. The lowest BCUT2D eigenvalue weighted by atomic mass is 10.2. The number of nitrogens with one attached hydrogen (secondary N) is 1. The van der Waals surface area contributed by atoms with Crippen LogP contribution >= 0.6 is 58.3 Å². The number of hydrogen-bond donors (Lipinski definition) is 3. The normalized spacial score (nSPS) is 14.5. The Bertz CT molecular complexity index is 1630. The van der Waals surface area contributed by atoms with Gasteiger partial charge in [0, 0.05) is 73.8 Å². The number of alkyl halides is 1. The lowest BCUT2D eigenvalue weighted by molar-refractivity contribution is -0.132. The number of thioether (sulfide) groups is 2. The van der Waals surface area contributed by atoms with Crippen molar-refractivity contribution in [1.29, 1.82) is 0 Å². The van der Waals surface area contributed by atoms with Gasteiger partial charge in [0.05, 0.1) is 0 Å². The molecule has 2 aliphatic rings. The topological polar surface area (TPSA) is 171 Å². The number of halogens is 3. The standard InChI is InChI=1S/C15H19ClN6OS.C12H14Cl2N2O.C3H6N4S/c1-24-15-18-14(17)19-22(15)10-13(23)21-8-6-20(7-9-21)12-4-2-11(16)3-5-12;13-9-12(17)16-7-5-15(6-8-16)11-3-1-10(14)2-4-11;1-8-3-5-2(4)6-7-3/h2-5H,6-10H2,1H3,(H2,17,19);1-4H,5-9H2;1H3,(H3,4,5,6,7). The van der Waals surface area contributed by atoms with Gasteiger partial charge in [-0.15, -0.1) is 21.8 Å². The van der Waals surface area contributed by atoms with E-state index in [1.54, 1.807) is 9.58 Å². The largest absolute Gasteiger partial charge is 0.368 e. The molecule has 19 heteroatoms. The number of aromatic nitrogens is 6. The van der Waals surface area contributed by atoms with Crippen molar-refractivity contribution < 1.29 is 9.59 Å². The number of carbonyl (C=O) groups is 2. The van der Waals surface area contributed by atoms with Crippen LogP contribution in [-0.2, 0) is 16.1 Å². The van der Waals surface area contributed by atoms with Crippen molar-refractivity contribution in [2.24, 2.45) is 0 Å². The van der Waals surface area contributed by atoms with Crippen molar-refractivity contribution in [3.63, 3.8) is 0 Å². The first-order chi connectivity index (χ1) is 23.6. The molecule has 4 heterocycles. The minimum Gasteiger partial charge on any atom is -0.368 e. The van der Waals surface area contributed by atoms with E-state index in [1.807, 2.05) is 65.9 Å². The number of nitrogen functional groups attached to an aromatic ring is 2. The summed E-state index contributed by atoms with van der Waals surface area (Å²) in [6.45, 7) is 6.25. The van der Waals surface area contributed by atoms with Crippen molar-refractivity contribution in [3.8, 4) is 0 Å². The van der Waals surface area contributed by atoms with E-state index < -0.39 is 0 Å². The summed E-state index contributed by atoms with van der Waals surface area (Å²) in [4.78, 5) is 39.9. The predicted octanol–water partition coefficient (Wildman–Crippen LogP) is 3.92. The zero-order valence-corrected chi connectivity index (χ0v) is 31.0. The Balaban J connectivity index is 0.000000187. The second kappa shape index (κ2) is 19.0. The maximum atomic E-state index is 12.5. The van der Waals surface area contributed by atoms with Crippen LogP contribution in [0.5, 0.6) is 0 Å². The third-order valence-electron chi connectivity index (χ3n) is 7.55. The third kappa shape index (κ3) is 11.5. The molecular weight excluding hydrogens is 731 g/mol. The van der Waals surface area contributed by atoms with Gasteiger partial charge in [0.15, 0.2) is 5.16 Å². The smallest absolute Gasteiger partial charge is 0.244 e. The van der Waals surface area contributed by atoms with E-state index in [0.29, 0.717) is 29.4 Å². The first-order valence-electron chi connectivity index (χ1n) is 15.2. The molecule has 264 valence electrons. The number of amides is 2. The van der Waals surface area contributed by atoms with Crippen LogP contribution in [0.15, 0.2) is 58.8 Å². The van der Waals surface area contributed by atoms with Gasteiger partial charge in [-0.25, -0.2) is 9.78 Å². The van der Waals surface area contributed by atoms with Crippen LogP contribution in [0.3, 0.4) is 0 Å². The van der Waals surface area contributed by atoms with E-state index in [1.165, 1.54) is 23.5 Å². The number of rotatable bonds is 7. The number of nitrogens with zero attached hydrogens (tertiary/aromatic N) is 9. The number of H-pyrrole nitrogens is 1. The average molecular weight is 770 g/mol. The summed E-state index contributed by atoms with van der Waals surface area (Å²) in [6.07, 6.45) is 3.78. The monoisotopic (exact) mass is 768 g/mol. The third-order valence-corrected chi connectivity index (χ3v) is 9.50. The zero-order chi connectivity index (χ0) is 35.3. The van der Waals surface area contributed by atoms with Crippen LogP contribution < -0.4 is 21.3 Å². The van der Waals surface area contributed by atoms with Gasteiger partial charge < -0.3 is 31.1 Å². The zero-order valence-electron chi connectivity index (χ0n) is 27.1. The molecule has 49 heavy (non-hydrogen) atoms. The Morgan fingerprint density at radius 2 is 1.24 bits per heavy atom. The van der Waals surface area contributed by atoms with Gasteiger partial charge in [-0.2, -0.15) is 9.97 Å². The Morgan fingerprint density at radius 1 is 0.755 bits per heavy atom. The molecule has 0 unspecified atom stereocenters. The van der Waals surface area contributed by atoms with Gasteiger partial charge in [0.25, 0.3) is 0 Å². The summed E-state index contributed by atoms with van der Waals surface area (Å²) >= 11 is 20.2. The summed E-state index contributed by atoms with van der Waals surface area (Å²) in [5, 5.41) is 13.1. The van der Waals surface area contributed by atoms with E-state index in [9.17, 15) is 9.59 Å². The average Bonchev–Trinajstić information content (AvgIpc) is 3.72. The predicted molar refractivity (Wildman–Crippen MR) is 200 cm³/mol. The molecule has 0 atom stereocenters. The van der Waals surface area contributed by atoms with Gasteiger partial charge in [0.1, 0.15) is 12.4 Å². The summed E-state index contributed by atoms with van der Waals surface area (Å²) in [7, 11) is 0. The highest BCUT2D eigenvalue weighted by molar-refractivity contribution is 7.98. The van der Waals surface area contributed by atoms with Gasteiger partial charge >= 0.3 is 0 Å². The second-order valence-corrected chi connectivity index (χ2v) is 13.3. The van der Waals surface area contributed by atoms with Crippen LogP contribution in [0.4, 0.5) is 23.3 Å². The van der Waals surface area contributed by atoms with Crippen LogP contribution in [0, 0.1) is 0 Å². The lowest BCUT2D eigenvalue weighted by Gasteiger charge is -2.36. The molecule has 2 amide bonds. The Hall–Kier alpha value is -3.57. The van der Waals surface area contributed by atoms with Gasteiger partial charge in [-0.1, -0.05) is 46.7 Å². The highest BCUT2D eigenvalue weighted by Crippen LogP contribution is 2.21. The van der Waals surface area contributed by atoms with Crippen molar-refractivity contribution in [1.82, 2.24) is 39.7 Å². The minimum atomic E-state index is 0.0161. The number of carbonyl (C=O) groups excluding carboxylic acids is 2. The van der Waals surface area contributed by atoms with Crippen molar-refractivity contribution in [3.05, 3.63) is 58.6 Å². The van der Waals surface area contributed by atoms with E-state index in [4.69, 9.17) is 46.3 Å². The molecule has 0 bridgehead atoms. The highest BCUT2D eigenvalue weighted by Gasteiger charge is 2.23. The molecule has 2 saturated heterocycles. The molecule has 6 rings (SSSR count). The molecule has 14 nitrogen and oxygen atoms in total. The van der Waals surface area contributed by atoms with E-state index in [2.05, 4.69) is 35.1 Å². The van der Waals surface area contributed by atoms with Crippen LogP contribution in [0.1, 0.15) is 0 Å². The Kier molecular flexibility index (Phi) is 14.8. The molecule has 5 N–H and O–H groups in total. The van der Waals surface area contributed by atoms with Gasteiger partial charge in [-0.05, 0) is 61.0 Å². The quantitative estimate of drug-likeness (QED) is 0.183. The number of aromatic amines is 1. The van der Waals surface area contributed by atoms with E-state index >= 15 is 0 Å². The molecular formula is C30H39Cl3N12O2S2. The van der Waals surface area contributed by atoms with Crippen LogP contribution in [0.2, 0.25) is 10.0 Å². The number of benzene rings is 2. The van der Waals surface area contributed by atoms with Crippen LogP contribution in [-0.4, -0.2) is 122 Å². The molecule has 2 aromatic heterocycles. The maximum Gasteiger partial charge on any atom is 0.244 e. The molecule has 0 aliphatic carbocycles. The number of piperazine rings is 2. The molecule has 4 aromatic rings. The molecule has 0 spiro atoms. The fourth-order valence-corrected chi connectivity index (χ4v) is 6.24. The summed E-state index contributed by atoms with van der Waals surface area (Å²) in [5.74, 6) is 0.684. The number of nitrogens with two attached hydrogens (primary N) is 2. The SMILES string of the molecule is CSc1n[nH]c(N)n1.CSc1nc(N)nn1CC(=O)N1CCN(c2ccc(Cl)cc2)CC1.O=C(CCl)N1CCN(c2ccc(Cl)cc2)CC1. The molecule has 2 fully saturated rings. The second-order valence-electron chi connectivity index (χ2n) is 10.6. The Labute approximate surface area is 308 Å². The minimum absolute atomic E-state index is 0.0161. The summed E-state index contributed by atoms with van der Waals surface area (Å²) in [6, 6.07) is 15.5. The molecule has 2 aliphatic heterocycles. The first kappa shape index (κ1) is 38.2. The summed E-state index contributed by atoms with van der Waals surface area (Å²) < 4.78 is 1.56. The fourth-order valence-electron chi connectivity index (χ4n) is 4.99. The van der Waals surface area contributed by atoms with Gasteiger partial charge in [-0.3, -0.25) is 9.59 Å². The Morgan fingerprint density at radius 3 is 1.63 bits per heavy atom. The van der Waals surface area contributed by atoms with Crippen molar-refractivity contribution in [2.75, 3.05) is 92.0 Å². The van der Waals surface area contributed by atoms with Crippen molar-refractivity contribution >= 4 is 93.4 Å².